The van der Waals surface area contributed by atoms with E-state index in [4.69, 9.17) is 4.74 Å². The Kier molecular flexibility index (Phi) is 5.21. The zero-order chi connectivity index (χ0) is 19.6. The van der Waals surface area contributed by atoms with Gasteiger partial charge < -0.3 is 10.1 Å². The van der Waals surface area contributed by atoms with Crippen LogP contribution in [0.4, 0.5) is 14.5 Å². The van der Waals surface area contributed by atoms with Crippen molar-refractivity contribution >= 4 is 17.5 Å². The number of imide groups is 1. The Hall–Kier alpha value is -3.22. The predicted molar refractivity (Wildman–Crippen MR) is 96.2 cm³/mol. The zero-order valence-electron chi connectivity index (χ0n) is 14.9. The standard InChI is InChI=1S/C20H18F2N2O3/c1-12-16(21)9-14(10-17(12)22)23-18-11-19(25)24(20(18)26)8-7-13-3-5-15(27-2)6-4-13/h3-6,9-11,23H,7-8H2,1-2H3. The lowest BCUT2D eigenvalue weighted by atomic mass is 10.1. The number of nitrogens with zero attached hydrogens (tertiary/aromatic N) is 1. The summed E-state index contributed by atoms with van der Waals surface area (Å²) in [6.45, 7) is 1.52. The number of anilines is 1. The average molecular weight is 372 g/mol. The first kappa shape index (κ1) is 18.6. The fraction of sp³-hybridized carbons (Fsp3) is 0.200. The van der Waals surface area contributed by atoms with Crippen LogP contribution in [-0.4, -0.2) is 30.4 Å². The van der Waals surface area contributed by atoms with Gasteiger partial charge in [0.15, 0.2) is 0 Å². The second kappa shape index (κ2) is 7.57. The monoisotopic (exact) mass is 372 g/mol. The molecule has 0 fully saturated rings. The second-order valence-electron chi connectivity index (χ2n) is 6.14. The van der Waals surface area contributed by atoms with E-state index in [1.165, 1.54) is 6.92 Å². The largest absolute Gasteiger partial charge is 0.497 e. The van der Waals surface area contributed by atoms with Crippen molar-refractivity contribution < 1.29 is 23.1 Å². The lowest BCUT2D eigenvalue weighted by Crippen LogP contribution is -2.33. The molecule has 0 radical (unpaired) electrons. The summed E-state index contributed by atoms with van der Waals surface area (Å²) in [7, 11) is 1.57. The molecule has 1 aliphatic rings. The number of halogens is 2. The van der Waals surface area contributed by atoms with Crippen molar-refractivity contribution in [1.82, 2.24) is 4.90 Å². The van der Waals surface area contributed by atoms with E-state index in [1.54, 1.807) is 19.2 Å². The number of carbonyl (C=O) groups is 2. The summed E-state index contributed by atoms with van der Waals surface area (Å²) in [6, 6.07) is 9.47. The minimum Gasteiger partial charge on any atom is -0.497 e. The van der Waals surface area contributed by atoms with Crippen LogP contribution in [0, 0.1) is 18.6 Å². The van der Waals surface area contributed by atoms with Gasteiger partial charge in [-0.1, -0.05) is 12.1 Å². The van der Waals surface area contributed by atoms with Gasteiger partial charge in [-0.3, -0.25) is 14.5 Å². The van der Waals surface area contributed by atoms with E-state index in [1.807, 2.05) is 12.1 Å². The van der Waals surface area contributed by atoms with Gasteiger partial charge in [0, 0.05) is 23.9 Å². The molecule has 3 rings (SSSR count). The molecule has 140 valence electrons. The Labute approximate surface area is 155 Å². The van der Waals surface area contributed by atoms with E-state index >= 15 is 0 Å². The molecular formula is C20H18F2N2O3. The first-order chi connectivity index (χ1) is 12.9. The maximum absolute atomic E-state index is 13.7. The summed E-state index contributed by atoms with van der Waals surface area (Å²) in [5.74, 6) is -1.74. The highest BCUT2D eigenvalue weighted by molar-refractivity contribution is 6.17. The van der Waals surface area contributed by atoms with Gasteiger partial charge in [-0.25, -0.2) is 8.78 Å². The summed E-state index contributed by atoms with van der Waals surface area (Å²) in [4.78, 5) is 25.7. The third-order valence-corrected chi connectivity index (χ3v) is 4.35. The summed E-state index contributed by atoms with van der Waals surface area (Å²) in [5.41, 5.74) is 0.891. The molecule has 2 aromatic rings. The van der Waals surface area contributed by atoms with Gasteiger partial charge in [-0.05, 0) is 43.2 Å². The molecule has 5 nitrogen and oxygen atoms in total. The quantitative estimate of drug-likeness (QED) is 0.792. The minimum atomic E-state index is -0.730. The van der Waals surface area contributed by atoms with Crippen LogP contribution in [0.1, 0.15) is 11.1 Å². The second-order valence-corrected chi connectivity index (χ2v) is 6.14. The molecule has 27 heavy (non-hydrogen) atoms. The molecule has 1 heterocycles. The lowest BCUT2D eigenvalue weighted by Gasteiger charge is -2.15. The smallest absolute Gasteiger partial charge is 0.277 e. The summed E-state index contributed by atoms with van der Waals surface area (Å²) < 4.78 is 32.4. The molecule has 0 unspecified atom stereocenters. The SMILES string of the molecule is COc1ccc(CCN2C(=O)C=C(Nc3cc(F)c(C)c(F)c3)C2=O)cc1. The van der Waals surface area contributed by atoms with E-state index in [-0.39, 0.29) is 23.5 Å². The van der Waals surface area contributed by atoms with Gasteiger partial charge in [0.05, 0.1) is 7.11 Å². The van der Waals surface area contributed by atoms with E-state index in [2.05, 4.69) is 5.32 Å². The number of rotatable bonds is 6. The normalized spacial score (nSPS) is 13.8. The Morgan fingerprint density at radius 1 is 1.07 bits per heavy atom. The van der Waals surface area contributed by atoms with Crippen molar-refractivity contribution in [1.29, 1.82) is 0 Å². The first-order valence-electron chi connectivity index (χ1n) is 8.32. The van der Waals surface area contributed by atoms with Crippen molar-refractivity contribution in [3.8, 4) is 5.75 Å². The number of carbonyl (C=O) groups excluding carboxylic acids is 2. The van der Waals surface area contributed by atoms with Crippen LogP contribution in [-0.2, 0) is 16.0 Å². The van der Waals surface area contributed by atoms with Crippen molar-refractivity contribution in [3.05, 3.63) is 70.9 Å². The number of methoxy groups -OCH3 is 1. The van der Waals surface area contributed by atoms with E-state index in [0.29, 0.717) is 6.42 Å². The third kappa shape index (κ3) is 3.97. The zero-order valence-corrected chi connectivity index (χ0v) is 14.9. The molecule has 2 amide bonds. The highest BCUT2D eigenvalue weighted by Crippen LogP contribution is 2.22. The predicted octanol–water partition coefficient (Wildman–Crippen LogP) is 3.19. The van der Waals surface area contributed by atoms with Gasteiger partial charge >= 0.3 is 0 Å². The van der Waals surface area contributed by atoms with Gasteiger partial charge in [0.25, 0.3) is 11.8 Å². The average Bonchev–Trinajstić information content (AvgIpc) is 2.91. The molecule has 0 saturated carbocycles. The Morgan fingerprint density at radius 3 is 2.30 bits per heavy atom. The van der Waals surface area contributed by atoms with Crippen LogP contribution >= 0.6 is 0 Å². The molecule has 0 aromatic heterocycles. The molecule has 1 aliphatic heterocycles. The summed E-state index contributed by atoms with van der Waals surface area (Å²) in [6.07, 6.45) is 1.61. The van der Waals surface area contributed by atoms with Crippen LogP contribution in [0.5, 0.6) is 5.75 Å². The fourth-order valence-electron chi connectivity index (χ4n) is 2.72. The molecule has 0 spiro atoms. The molecule has 0 aliphatic carbocycles. The first-order valence-corrected chi connectivity index (χ1v) is 8.32. The number of hydrogen-bond donors (Lipinski definition) is 1. The van der Waals surface area contributed by atoms with Gasteiger partial charge in [-0.15, -0.1) is 0 Å². The van der Waals surface area contributed by atoms with Crippen molar-refractivity contribution in [2.45, 2.75) is 13.3 Å². The Balaban J connectivity index is 1.66. The van der Waals surface area contributed by atoms with Crippen LogP contribution in [0.15, 0.2) is 48.2 Å². The third-order valence-electron chi connectivity index (χ3n) is 4.35. The summed E-state index contributed by atoms with van der Waals surface area (Å²) in [5, 5.41) is 2.63. The van der Waals surface area contributed by atoms with Crippen LogP contribution in [0.3, 0.4) is 0 Å². The topological polar surface area (TPSA) is 58.6 Å². The van der Waals surface area contributed by atoms with Gasteiger partial charge in [-0.2, -0.15) is 0 Å². The van der Waals surface area contributed by atoms with Gasteiger partial charge in [0.1, 0.15) is 23.1 Å². The maximum atomic E-state index is 13.7. The summed E-state index contributed by atoms with van der Waals surface area (Å²) >= 11 is 0. The Morgan fingerprint density at radius 2 is 1.70 bits per heavy atom. The number of benzene rings is 2. The van der Waals surface area contributed by atoms with Gasteiger partial charge in [0.2, 0.25) is 0 Å². The molecule has 0 saturated heterocycles. The number of nitrogens with one attached hydrogen (secondary N) is 1. The molecular weight excluding hydrogens is 354 g/mol. The van der Waals surface area contributed by atoms with Crippen LogP contribution in [0.25, 0.3) is 0 Å². The molecule has 7 heteroatoms. The van der Waals surface area contributed by atoms with E-state index in [9.17, 15) is 18.4 Å². The van der Waals surface area contributed by atoms with Crippen LogP contribution < -0.4 is 10.1 Å². The fourth-order valence-corrected chi connectivity index (χ4v) is 2.72. The maximum Gasteiger partial charge on any atom is 0.277 e. The molecule has 0 bridgehead atoms. The van der Waals surface area contributed by atoms with Crippen LogP contribution in [0.2, 0.25) is 0 Å². The number of ether oxygens (including phenoxy) is 1. The lowest BCUT2D eigenvalue weighted by molar-refractivity contribution is -0.137. The highest BCUT2D eigenvalue weighted by Gasteiger charge is 2.31. The highest BCUT2D eigenvalue weighted by atomic mass is 19.1. The van der Waals surface area contributed by atoms with E-state index < -0.39 is 23.4 Å². The Bertz CT molecular complexity index is 900. The van der Waals surface area contributed by atoms with Crippen molar-refractivity contribution in [3.63, 3.8) is 0 Å². The van der Waals surface area contributed by atoms with E-state index in [0.717, 1.165) is 34.4 Å². The number of hydrogen-bond acceptors (Lipinski definition) is 4. The van der Waals surface area contributed by atoms with Crippen molar-refractivity contribution in [2.75, 3.05) is 19.0 Å². The molecule has 2 aromatic carbocycles. The molecule has 0 atom stereocenters. The number of amides is 2. The minimum absolute atomic E-state index is 0.0163. The molecule has 1 N–H and O–H groups in total. The van der Waals surface area contributed by atoms with Crippen molar-refractivity contribution in [2.24, 2.45) is 0 Å².